The standard InChI is InChI=1S/C13H20N2O2S/c1-9-11(5-7-17-9)18-8-6-13(2,12(14)16)15-10-3-4-10/h5,7,10,15H,3-4,6,8H2,1-2H3,(H2,14,16). The molecule has 1 aromatic heterocycles. The summed E-state index contributed by atoms with van der Waals surface area (Å²) in [5, 5.41) is 3.35. The SMILES string of the molecule is Cc1occc1SCCC(C)(NC1CC1)C(N)=O. The molecule has 3 N–H and O–H groups in total. The summed E-state index contributed by atoms with van der Waals surface area (Å²) >= 11 is 1.70. The van der Waals surface area contributed by atoms with E-state index in [4.69, 9.17) is 10.2 Å². The van der Waals surface area contributed by atoms with Crippen LogP contribution in [0.25, 0.3) is 0 Å². The van der Waals surface area contributed by atoms with Gasteiger partial charge in [0.2, 0.25) is 5.91 Å². The fraction of sp³-hybridized carbons (Fsp3) is 0.615. The third-order valence-electron chi connectivity index (χ3n) is 3.31. The average molecular weight is 268 g/mol. The van der Waals surface area contributed by atoms with Gasteiger partial charge in [0.25, 0.3) is 0 Å². The Balaban J connectivity index is 1.85. The van der Waals surface area contributed by atoms with Gasteiger partial charge in [-0.2, -0.15) is 0 Å². The number of nitrogens with one attached hydrogen (secondary N) is 1. The van der Waals surface area contributed by atoms with Crippen LogP contribution in [0.3, 0.4) is 0 Å². The molecule has 1 amide bonds. The van der Waals surface area contributed by atoms with Crippen molar-refractivity contribution < 1.29 is 9.21 Å². The minimum absolute atomic E-state index is 0.265. The number of aryl methyl sites for hydroxylation is 1. The van der Waals surface area contributed by atoms with Gasteiger partial charge in [0.1, 0.15) is 5.76 Å². The van der Waals surface area contributed by atoms with E-state index < -0.39 is 5.54 Å². The van der Waals surface area contributed by atoms with Crippen LogP contribution in [0.4, 0.5) is 0 Å². The number of amides is 1. The molecular formula is C13H20N2O2S. The van der Waals surface area contributed by atoms with Crippen molar-refractivity contribution in [3.8, 4) is 0 Å². The molecule has 0 aromatic carbocycles. The monoisotopic (exact) mass is 268 g/mol. The second kappa shape index (κ2) is 5.36. The third kappa shape index (κ3) is 3.29. The lowest BCUT2D eigenvalue weighted by molar-refractivity contribution is -0.124. The molecule has 4 nitrogen and oxygen atoms in total. The Kier molecular flexibility index (Phi) is 4.02. The molecular weight excluding hydrogens is 248 g/mol. The van der Waals surface area contributed by atoms with Crippen molar-refractivity contribution in [2.24, 2.45) is 5.73 Å². The van der Waals surface area contributed by atoms with Gasteiger partial charge in [0.15, 0.2) is 0 Å². The smallest absolute Gasteiger partial charge is 0.237 e. The Labute approximate surface area is 112 Å². The highest BCUT2D eigenvalue weighted by molar-refractivity contribution is 7.99. The summed E-state index contributed by atoms with van der Waals surface area (Å²) in [6, 6.07) is 2.43. The number of hydrogen-bond donors (Lipinski definition) is 2. The van der Waals surface area contributed by atoms with Gasteiger partial charge in [-0.05, 0) is 39.2 Å². The number of thioether (sulfide) groups is 1. The molecule has 0 bridgehead atoms. The zero-order valence-electron chi connectivity index (χ0n) is 10.9. The summed E-state index contributed by atoms with van der Waals surface area (Å²) < 4.78 is 5.24. The second-order valence-electron chi connectivity index (χ2n) is 5.05. The first-order valence-corrected chi connectivity index (χ1v) is 7.24. The minimum atomic E-state index is -0.591. The highest BCUT2D eigenvalue weighted by atomic mass is 32.2. The van der Waals surface area contributed by atoms with Crippen molar-refractivity contribution in [2.75, 3.05) is 5.75 Å². The summed E-state index contributed by atoms with van der Waals surface area (Å²) in [6.45, 7) is 3.84. The van der Waals surface area contributed by atoms with E-state index >= 15 is 0 Å². The number of primary amides is 1. The zero-order valence-corrected chi connectivity index (χ0v) is 11.7. The van der Waals surface area contributed by atoms with Crippen molar-refractivity contribution in [2.45, 2.75) is 49.6 Å². The summed E-state index contributed by atoms with van der Waals surface area (Å²) in [5.41, 5.74) is 4.92. The topological polar surface area (TPSA) is 68.3 Å². The van der Waals surface area contributed by atoms with Crippen LogP contribution in [-0.4, -0.2) is 23.2 Å². The number of furan rings is 1. The number of carbonyl (C=O) groups excluding carboxylic acids is 1. The Hall–Kier alpha value is -0.940. The molecule has 2 rings (SSSR count). The van der Waals surface area contributed by atoms with Crippen LogP contribution in [0.5, 0.6) is 0 Å². The van der Waals surface area contributed by atoms with Gasteiger partial charge in [-0.1, -0.05) is 0 Å². The Morgan fingerprint density at radius 3 is 2.89 bits per heavy atom. The molecule has 1 fully saturated rings. The largest absolute Gasteiger partial charge is 0.468 e. The van der Waals surface area contributed by atoms with Gasteiger partial charge in [0.05, 0.1) is 11.8 Å². The number of carbonyl (C=O) groups is 1. The number of rotatable bonds is 7. The first kappa shape index (κ1) is 13.5. The lowest BCUT2D eigenvalue weighted by Crippen LogP contribution is -2.54. The molecule has 0 spiro atoms. The summed E-state index contributed by atoms with van der Waals surface area (Å²) in [7, 11) is 0. The fourth-order valence-corrected chi connectivity index (χ4v) is 2.97. The molecule has 1 aliphatic carbocycles. The lowest BCUT2D eigenvalue weighted by Gasteiger charge is -2.27. The molecule has 1 aliphatic rings. The van der Waals surface area contributed by atoms with Crippen molar-refractivity contribution in [3.05, 3.63) is 18.1 Å². The minimum Gasteiger partial charge on any atom is -0.468 e. The third-order valence-corrected chi connectivity index (χ3v) is 4.46. The average Bonchev–Trinajstić information content (AvgIpc) is 3.02. The molecule has 0 saturated heterocycles. The van der Waals surface area contributed by atoms with E-state index in [2.05, 4.69) is 5.32 Å². The van der Waals surface area contributed by atoms with Crippen LogP contribution in [0, 0.1) is 6.92 Å². The summed E-state index contributed by atoms with van der Waals surface area (Å²) in [5.74, 6) is 1.51. The Morgan fingerprint density at radius 2 is 2.39 bits per heavy atom. The number of hydrogen-bond acceptors (Lipinski definition) is 4. The van der Waals surface area contributed by atoms with Gasteiger partial charge < -0.3 is 15.5 Å². The molecule has 1 unspecified atom stereocenters. The van der Waals surface area contributed by atoms with Crippen molar-refractivity contribution >= 4 is 17.7 Å². The predicted molar refractivity (Wildman–Crippen MR) is 72.5 cm³/mol. The van der Waals surface area contributed by atoms with Crippen molar-refractivity contribution in [1.29, 1.82) is 0 Å². The molecule has 1 heterocycles. The molecule has 5 heteroatoms. The molecule has 1 aromatic rings. The van der Waals surface area contributed by atoms with Gasteiger partial charge >= 0.3 is 0 Å². The predicted octanol–water partition coefficient (Wildman–Crippen LogP) is 2.07. The molecule has 0 aliphatic heterocycles. The maximum absolute atomic E-state index is 11.6. The first-order chi connectivity index (χ1) is 8.51. The highest BCUT2D eigenvalue weighted by Gasteiger charge is 2.36. The highest BCUT2D eigenvalue weighted by Crippen LogP contribution is 2.28. The lowest BCUT2D eigenvalue weighted by atomic mass is 9.98. The fourth-order valence-electron chi connectivity index (χ4n) is 1.83. The van der Waals surface area contributed by atoms with Gasteiger partial charge in [0, 0.05) is 16.7 Å². The van der Waals surface area contributed by atoms with Crippen LogP contribution < -0.4 is 11.1 Å². The molecule has 100 valence electrons. The second-order valence-corrected chi connectivity index (χ2v) is 6.19. The van der Waals surface area contributed by atoms with Crippen LogP contribution in [0.2, 0.25) is 0 Å². The van der Waals surface area contributed by atoms with E-state index in [0.29, 0.717) is 6.04 Å². The van der Waals surface area contributed by atoms with Crippen LogP contribution in [0.15, 0.2) is 21.6 Å². The maximum atomic E-state index is 11.6. The van der Waals surface area contributed by atoms with E-state index in [9.17, 15) is 4.79 Å². The molecule has 1 atom stereocenters. The maximum Gasteiger partial charge on any atom is 0.237 e. The number of nitrogens with two attached hydrogens (primary N) is 1. The van der Waals surface area contributed by atoms with E-state index in [1.54, 1.807) is 18.0 Å². The quantitative estimate of drug-likeness (QED) is 0.743. The van der Waals surface area contributed by atoms with E-state index in [-0.39, 0.29) is 5.91 Å². The van der Waals surface area contributed by atoms with Gasteiger partial charge in [-0.25, -0.2) is 0 Å². The normalized spacial score (nSPS) is 18.6. The van der Waals surface area contributed by atoms with E-state index in [1.807, 2.05) is 19.9 Å². The van der Waals surface area contributed by atoms with Crippen LogP contribution in [0.1, 0.15) is 31.9 Å². The van der Waals surface area contributed by atoms with Crippen LogP contribution in [-0.2, 0) is 4.79 Å². The summed E-state index contributed by atoms with van der Waals surface area (Å²) in [6.07, 6.45) is 4.72. The van der Waals surface area contributed by atoms with Crippen molar-refractivity contribution in [1.82, 2.24) is 5.32 Å². The Morgan fingerprint density at radius 1 is 1.67 bits per heavy atom. The van der Waals surface area contributed by atoms with Gasteiger partial charge in [-0.3, -0.25) is 4.79 Å². The zero-order chi connectivity index (χ0) is 13.2. The van der Waals surface area contributed by atoms with E-state index in [0.717, 1.165) is 35.7 Å². The molecule has 0 radical (unpaired) electrons. The summed E-state index contributed by atoms with van der Waals surface area (Å²) in [4.78, 5) is 12.7. The van der Waals surface area contributed by atoms with Crippen molar-refractivity contribution in [3.63, 3.8) is 0 Å². The van der Waals surface area contributed by atoms with E-state index in [1.165, 1.54) is 0 Å². The Bertz CT molecular complexity index is 428. The van der Waals surface area contributed by atoms with Crippen LogP contribution >= 0.6 is 11.8 Å². The van der Waals surface area contributed by atoms with Gasteiger partial charge in [-0.15, -0.1) is 11.8 Å². The molecule has 1 saturated carbocycles. The first-order valence-electron chi connectivity index (χ1n) is 6.26. The molecule has 18 heavy (non-hydrogen) atoms.